The molecule has 2 N–H and O–H groups in total. The molecular formula is C23H21N3O4. The van der Waals surface area contributed by atoms with Crippen molar-refractivity contribution in [3.8, 4) is 6.07 Å². The zero-order valence-electron chi connectivity index (χ0n) is 16.6. The molecule has 0 bridgehead atoms. The van der Waals surface area contributed by atoms with Crippen molar-refractivity contribution in [1.29, 1.82) is 5.26 Å². The fraction of sp³-hybridized carbons (Fsp3) is 0.304. The maximum Gasteiger partial charge on any atom is 0.324 e. The quantitative estimate of drug-likeness (QED) is 0.759. The summed E-state index contributed by atoms with van der Waals surface area (Å²) in [6, 6.07) is 15.2. The highest BCUT2D eigenvalue weighted by Gasteiger charge is 2.66. The predicted molar refractivity (Wildman–Crippen MR) is 108 cm³/mol. The second-order valence-corrected chi connectivity index (χ2v) is 7.90. The molecule has 0 aromatic heterocycles. The van der Waals surface area contributed by atoms with Crippen LogP contribution in [0.4, 0.5) is 5.69 Å². The molecule has 0 aliphatic carbocycles. The van der Waals surface area contributed by atoms with Gasteiger partial charge in [0.15, 0.2) is 0 Å². The number of fused-ring (bicyclic) bond motifs is 1. The number of carbonyl (C=O) groups excluding carboxylic acids is 2. The normalized spacial score (nSPS) is 27.8. The Morgan fingerprint density at radius 2 is 1.77 bits per heavy atom. The maximum atomic E-state index is 13.4. The Hall–Kier alpha value is -3.50. The first-order valence-electron chi connectivity index (χ1n) is 9.79. The van der Waals surface area contributed by atoms with Crippen molar-refractivity contribution in [3.63, 3.8) is 0 Å². The van der Waals surface area contributed by atoms with Gasteiger partial charge in [0.2, 0.25) is 11.8 Å². The van der Waals surface area contributed by atoms with Gasteiger partial charge in [-0.3, -0.25) is 19.7 Å². The molecule has 0 saturated carbocycles. The van der Waals surface area contributed by atoms with Gasteiger partial charge in [0.1, 0.15) is 5.54 Å². The number of imide groups is 1. The Bertz CT molecular complexity index is 1070. The van der Waals surface area contributed by atoms with Crippen molar-refractivity contribution < 1.29 is 19.5 Å². The Morgan fingerprint density at radius 1 is 1.13 bits per heavy atom. The van der Waals surface area contributed by atoms with Crippen LogP contribution in [0.1, 0.15) is 36.6 Å². The molecule has 4 atom stereocenters. The van der Waals surface area contributed by atoms with Gasteiger partial charge in [0, 0.05) is 6.04 Å². The maximum absolute atomic E-state index is 13.4. The van der Waals surface area contributed by atoms with Gasteiger partial charge in [0.25, 0.3) is 0 Å². The van der Waals surface area contributed by atoms with E-state index < -0.39 is 41.2 Å². The van der Waals surface area contributed by atoms with E-state index in [-0.39, 0.29) is 0 Å². The number of hydrogen-bond acceptors (Lipinski definition) is 5. The number of nitriles is 1. The summed E-state index contributed by atoms with van der Waals surface area (Å²) >= 11 is 0. The van der Waals surface area contributed by atoms with E-state index in [0.29, 0.717) is 16.8 Å². The summed E-state index contributed by atoms with van der Waals surface area (Å²) in [5.41, 5.74) is 1.06. The van der Waals surface area contributed by atoms with Crippen molar-refractivity contribution in [1.82, 2.24) is 5.32 Å². The van der Waals surface area contributed by atoms with Crippen LogP contribution in [0, 0.1) is 23.2 Å². The van der Waals surface area contributed by atoms with Gasteiger partial charge in [-0.15, -0.1) is 0 Å². The largest absolute Gasteiger partial charge is 0.480 e. The van der Waals surface area contributed by atoms with Crippen LogP contribution in [-0.2, 0) is 20.8 Å². The number of anilines is 1. The molecule has 152 valence electrons. The van der Waals surface area contributed by atoms with Crippen LogP contribution in [0.2, 0.25) is 0 Å². The summed E-state index contributed by atoms with van der Waals surface area (Å²) < 4.78 is 0. The minimum atomic E-state index is -1.59. The molecule has 2 heterocycles. The Morgan fingerprint density at radius 3 is 2.30 bits per heavy atom. The summed E-state index contributed by atoms with van der Waals surface area (Å²) in [5.74, 6) is -3.99. The monoisotopic (exact) mass is 403 g/mol. The van der Waals surface area contributed by atoms with Crippen molar-refractivity contribution in [2.24, 2.45) is 11.8 Å². The first-order chi connectivity index (χ1) is 14.3. The molecule has 4 rings (SSSR count). The van der Waals surface area contributed by atoms with Crippen LogP contribution in [0.25, 0.3) is 0 Å². The fourth-order valence-corrected chi connectivity index (χ4v) is 4.52. The highest BCUT2D eigenvalue weighted by Crippen LogP contribution is 2.49. The van der Waals surface area contributed by atoms with Gasteiger partial charge in [0.05, 0.1) is 29.2 Å². The summed E-state index contributed by atoms with van der Waals surface area (Å²) in [6.45, 7) is 3.46. The molecule has 7 heteroatoms. The van der Waals surface area contributed by atoms with E-state index in [1.165, 1.54) is 6.92 Å². The molecule has 4 unspecified atom stereocenters. The summed E-state index contributed by atoms with van der Waals surface area (Å²) in [7, 11) is 0. The number of aryl methyl sites for hydroxylation is 1. The standard InChI is InChI=1S/C23H21N3O4/c1-3-13-6-10-16(11-7-13)26-20(27)17-18(21(26)28)23(2,22(29)30)25-19(17)15-8-4-14(12-24)5-9-15/h4-11,17-19,25H,3H2,1-2H3,(H,29,30). The van der Waals surface area contributed by atoms with Crippen LogP contribution >= 0.6 is 0 Å². The molecule has 2 aliphatic heterocycles. The Kier molecular flexibility index (Phi) is 4.67. The van der Waals surface area contributed by atoms with Crippen molar-refractivity contribution in [2.45, 2.75) is 31.8 Å². The highest BCUT2D eigenvalue weighted by atomic mass is 16.4. The van der Waals surface area contributed by atoms with E-state index in [9.17, 15) is 19.5 Å². The molecule has 2 amide bonds. The number of carboxylic acid groups (broad SMARTS) is 1. The van der Waals surface area contributed by atoms with Crippen LogP contribution in [0.15, 0.2) is 48.5 Å². The number of benzene rings is 2. The number of carboxylic acids is 1. The lowest BCUT2D eigenvalue weighted by Crippen LogP contribution is -2.53. The minimum Gasteiger partial charge on any atom is -0.480 e. The molecule has 2 aromatic carbocycles. The van der Waals surface area contributed by atoms with Crippen LogP contribution in [-0.4, -0.2) is 28.4 Å². The number of carbonyl (C=O) groups is 3. The average Bonchev–Trinajstić information content (AvgIpc) is 3.22. The van der Waals surface area contributed by atoms with E-state index in [1.54, 1.807) is 36.4 Å². The number of nitrogens with zero attached hydrogens (tertiary/aromatic N) is 2. The first kappa shape index (κ1) is 19.8. The van der Waals surface area contributed by atoms with Gasteiger partial charge in [-0.25, -0.2) is 4.90 Å². The smallest absolute Gasteiger partial charge is 0.324 e. The predicted octanol–water partition coefficient (Wildman–Crippen LogP) is 2.41. The van der Waals surface area contributed by atoms with E-state index in [4.69, 9.17) is 5.26 Å². The number of amides is 2. The van der Waals surface area contributed by atoms with Gasteiger partial charge in [-0.05, 0) is 48.7 Å². The first-order valence-corrected chi connectivity index (χ1v) is 9.79. The fourth-order valence-electron chi connectivity index (χ4n) is 4.52. The molecule has 7 nitrogen and oxygen atoms in total. The third-order valence-electron chi connectivity index (χ3n) is 6.23. The summed E-state index contributed by atoms with van der Waals surface area (Å²) in [6.07, 6.45) is 0.829. The van der Waals surface area contributed by atoms with Crippen molar-refractivity contribution in [2.75, 3.05) is 4.90 Å². The van der Waals surface area contributed by atoms with Crippen molar-refractivity contribution >= 4 is 23.5 Å². The number of rotatable bonds is 4. The Balaban J connectivity index is 1.78. The summed E-state index contributed by atoms with van der Waals surface area (Å²) in [4.78, 5) is 40.0. The van der Waals surface area contributed by atoms with E-state index in [0.717, 1.165) is 16.9 Å². The lowest BCUT2D eigenvalue weighted by molar-refractivity contribution is -0.147. The molecular weight excluding hydrogens is 382 g/mol. The van der Waals surface area contributed by atoms with Crippen LogP contribution < -0.4 is 10.2 Å². The second kappa shape index (κ2) is 7.08. The zero-order chi connectivity index (χ0) is 21.6. The van der Waals surface area contributed by atoms with E-state index in [1.807, 2.05) is 25.1 Å². The van der Waals surface area contributed by atoms with E-state index >= 15 is 0 Å². The Labute approximate surface area is 173 Å². The average molecular weight is 403 g/mol. The number of nitrogens with one attached hydrogen (secondary N) is 1. The second-order valence-electron chi connectivity index (χ2n) is 7.90. The van der Waals surface area contributed by atoms with Gasteiger partial charge >= 0.3 is 5.97 Å². The van der Waals surface area contributed by atoms with Gasteiger partial charge in [-0.2, -0.15) is 5.26 Å². The number of hydrogen-bond donors (Lipinski definition) is 2. The molecule has 2 fully saturated rings. The SMILES string of the molecule is CCc1ccc(N2C(=O)C3C(c4ccc(C#N)cc4)NC(C)(C(=O)O)C3C2=O)cc1. The third-order valence-corrected chi connectivity index (χ3v) is 6.23. The lowest BCUT2D eigenvalue weighted by atomic mass is 9.80. The van der Waals surface area contributed by atoms with Crippen LogP contribution in [0.3, 0.4) is 0 Å². The molecule has 30 heavy (non-hydrogen) atoms. The third kappa shape index (κ3) is 2.80. The topological polar surface area (TPSA) is 110 Å². The summed E-state index contributed by atoms with van der Waals surface area (Å²) in [5, 5.41) is 22.0. The molecule has 2 aromatic rings. The molecule has 2 saturated heterocycles. The highest BCUT2D eigenvalue weighted by molar-refractivity contribution is 6.24. The lowest BCUT2D eigenvalue weighted by Gasteiger charge is -2.27. The van der Waals surface area contributed by atoms with Gasteiger partial charge < -0.3 is 5.11 Å². The minimum absolute atomic E-state index is 0.416. The molecule has 0 spiro atoms. The van der Waals surface area contributed by atoms with Gasteiger partial charge in [-0.1, -0.05) is 31.2 Å². The number of aliphatic carboxylic acids is 1. The molecule has 0 radical (unpaired) electrons. The van der Waals surface area contributed by atoms with Crippen molar-refractivity contribution in [3.05, 3.63) is 65.2 Å². The van der Waals surface area contributed by atoms with Crippen LogP contribution in [0.5, 0.6) is 0 Å². The van der Waals surface area contributed by atoms with E-state index in [2.05, 4.69) is 5.32 Å². The molecule has 2 aliphatic rings. The zero-order valence-corrected chi connectivity index (χ0v) is 16.6.